The molecule has 1 N–H and O–H groups in total. The van der Waals surface area contributed by atoms with Gasteiger partial charge in [-0.25, -0.2) is 0 Å². The van der Waals surface area contributed by atoms with Crippen LogP contribution in [0.4, 0.5) is 0 Å². The first-order valence-electron chi connectivity index (χ1n) is 4.63. The molecule has 0 aliphatic heterocycles. The number of hydrogen-bond donors (Lipinski definition) is 1. The lowest BCUT2D eigenvalue weighted by atomic mass is 9.84. The van der Waals surface area contributed by atoms with Gasteiger partial charge in [0.2, 0.25) is 0 Å². The maximum Gasteiger partial charge on any atom is 0.309 e. The van der Waals surface area contributed by atoms with Gasteiger partial charge in [0.15, 0.2) is 0 Å². The van der Waals surface area contributed by atoms with E-state index in [2.05, 4.69) is 26.1 Å². The molecule has 1 atom stereocenters. The lowest BCUT2D eigenvalue weighted by Crippen LogP contribution is -2.30. The minimum atomic E-state index is -0.121. The Kier molecular flexibility index (Phi) is 4.99. The molecule has 78 valence electrons. The van der Waals surface area contributed by atoms with Gasteiger partial charge in [-0.05, 0) is 18.9 Å². The average Bonchev–Trinajstić information content (AvgIpc) is 2.00. The molecule has 0 aromatic heterocycles. The Morgan fingerprint density at radius 2 is 2.00 bits per heavy atom. The van der Waals surface area contributed by atoms with Gasteiger partial charge in [-0.1, -0.05) is 20.8 Å². The summed E-state index contributed by atoms with van der Waals surface area (Å²) < 4.78 is 4.73. The van der Waals surface area contributed by atoms with Gasteiger partial charge >= 0.3 is 5.97 Å². The highest BCUT2D eigenvalue weighted by molar-refractivity contribution is 5.72. The zero-order valence-corrected chi connectivity index (χ0v) is 9.31. The average molecular weight is 187 g/mol. The van der Waals surface area contributed by atoms with Gasteiger partial charge < -0.3 is 10.1 Å². The lowest BCUT2D eigenvalue weighted by molar-refractivity contribution is -0.146. The number of ether oxygens (including phenoxy) is 1. The number of methoxy groups -OCH3 is 1. The Hall–Kier alpha value is -0.570. The van der Waals surface area contributed by atoms with Crippen molar-refractivity contribution >= 4 is 5.97 Å². The number of rotatable bonds is 4. The van der Waals surface area contributed by atoms with E-state index >= 15 is 0 Å². The van der Waals surface area contributed by atoms with Crippen LogP contribution in [0.3, 0.4) is 0 Å². The molecular formula is C10H21NO2. The summed E-state index contributed by atoms with van der Waals surface area (Å²) in [6.45, 7) is 7.06. The topological polar surface area (TPSA) is 38.3 Å². The van der Waals surface area contributed by atoms with E-state index in [1.54, 1.807) is 0 Å². The highest BCUT2D eigenvalue weighted by atomic mass is 16.5. The molecule has 0 rings (SSSR count). The van der Waals surface area contributed by atoms with Crippen molar-refractivity contribution in [2.24, 2.45) is 11.3 Å². The number of esters is 1. The standard InChI is InChI=1S/C10H21NO2/c1-10(2,3)6-8(7-11-4)9(12)13-5/h8,11H,6-7H2,1-5H3. The Labute approximate surface area is 80.8 Å². The molecule has 0 saturated carbocycles. The Morgan fingerprint density at radius 3 is 2.31 bits per heavy atom. The monoisotopic (exact) mass is 187 g/mol. The molecule has 0 aromatic carbocycles. The molecule has 0 heterocycles. The van der Waals surface area contributed by atoms with Gasteiger partial charge in [-0.3, -0.25) is 4.79 Å². The maximum absolute atomic E-state index is 11.3. The van der Waals surface area contributed by atoms with Crippen molar-refractivity contribution in [3.8, 4) is 0 Å². The summed E-state index contributed by atoms with van der Waals surface area (Å²) in [4.78, 5) is 11.3. The van der Waals surface area contributed by atoms with Crippen LogP contribution in [-0.4, -0.2) is 26.7 Å². The van der Waals surface area contributed by atoms with Gasteiger partial charge in [-0.2, -0.15) is 0 Å². The maximum atomic E-state index is 11.3. The van der Waals surface area contributed by atoms with E-state index < -0.39 is 0 Å². The van der Waals surface area contributed by atoms with Gasteiger partial charge in [0.05, 0.1) is 13.0 Å². The molecule has 0 radical (unpaired) electrons. The van der Waals surface area contributed by atoms with E-state index in [0.717, 1.165) is 6.42 Å². The van der Waals surface area contributed by atoms with Crippen molar-refractivity contribution in [3.63, 3.8) is 0 Å². The fraction of sp³-hybridized carbons (Fsp3) is 0.900. The van der Waals surface area contributed by atoms with Gasteiger partial charge in [0.1, 0.15) is 0 Å². The molecule has 0 spiro atoms. The van der Waals surface area contributed by atoms with Crippen LogP contribution >= 0.6 is 0 Å². The van der Waals surface area contributed by atoms with Crippen LogP contribution in [0.2, 0.25) is 0 Å². The first-order valence-corrected chi connectivity index (χ1v) is 4.63. The van der Waals surface area contributed by atoms with E-state index in [1.165, 1.54) is 7.11 Å². The second-order valence-corrected chi connectivity index (χ2v) is 4.54. The van der Waals surface area contributed by atoms with Crippen LogP contribution < -0.4 is 5.32 Å². The first-order chi connectivity index (χ1) is 5.90. The summed E-state index contributed by atoms with van der Waals surface area (Å²) in [7, 11) is 3.28. The second-order valence-electron chi connectivity index (χ2n) is 4.54. The minimum absolute atomic E-state index is 0.0324. The molecule has 0 fully saturated rings. The number of carbonyl (C=O) groups excluding carboxylic acids is 1. The van der Waals surface area contributed by atoms with Crippen LogP contribution in [0.1, 0.15) is 27.2 Å². The fourth-order valence-electron chi connectivity index (χ4n) is 1.39. The quantitative estimate of drug-likeness (QED) is 0.677. The summed E-state index contributed by atoms with van der Waals surface area (Å²) in [5.41, 5.74) is 0.162. The molecule has 0 saturated heterocycles. The molecule has 3 nitrogen and oxygen atoms in total. The fourth-order valence-corrected chi connectivity index (χ4v) is 1.39. The third kappa shape index (κ3) is 5.64. The zero-order chi connectivity index (χ0) is 10.5. The summed E-state index contributed by atoms with van der Waals surface area (Å²) in [5.74, 6) is -0.153. The van der Waals surface area contributed by atoms with E-state index in [0.29, 0.717) is 6.54 Å². The first kappa shape index (κ1) is 12.4. The van der Waals surface area contributed by atoms with E-state index in [9.17, 15) is 4.79 Å². The molecule has 0 bridgehead atoms. The largest absolute Gasteiger partial charge is 0.469 e. The van der Waals surface area contributed by atoms with Gasteiger partial charge in [0.25, 0.3) is 0 Å². The Morgan fingerprint density at radius 1 is 1.46 bits per heavy atom. The second kappa shape index (κ2) is 5.22. The Bertz CT molecular complexity index is 161. The smallest absolute Gasteiger partial charge is 0.309 e. The molecule has 0 amide bonds. The normalized spacial score (nSPS) is 13.9. The number of nitrogens with one attached hydrogen (secondary N) is 1. The summed E-state index contributed by atoms with van der Waals surface area (Å²) >= 11 is 0. The summed E-state index contributed by atoms with van der Waals surface area (Å²) in [5, 5.41) is 3.00. The molecule has 13 heavy (non-hydrogen) atoms. The molecule has 3 heteroatoms. The van der Waals surface area contributed by atoms with Crippen LogP contribution in [0.25, 0.3) is 0 Å². The third-order valence-electron chi connectivity index (χ3n) is 1.84. The van der Waals surface area contributed by atoms with Crippen molar-refractivity contribution < 1.29 is 9.53 Å². The van der Waals surface area contributed by atoms with Gasteiger partial charge in [-0.15, -0.1) is 0 Å². The van der Waals surface area contributed by atoms with Crippen molar-refractivity contribution in [2.45, 2.75) is 27.2 Å². The zero-order valence-electron chi connectivity index (χ0n) is 9.31. The molecule has 0 aliphatic carbocycles. The number of carbonyl (C=O) groups is 1. The predicted octanol–water partition coefficient (Wildman–Crippen LogP) is 1.43. The van der Waals surface area contributed by atoms with Crippen molar-refractivity contribution in [3.05, 3.63) is 0 Å². The van der Waals surface area contributed by atoms with Gasteiger partial charge in [0, 0.05) is 6.54 Å². The minimum Gasteiger partial charge on any atom is -0.469 e. The molecule has 1 unspecified atom stereocenters. The molecule has 0 aromatic rings. The predicted molar refractivity (Wildman–Crippen MR) is 53.5 cm³/mol. The highest BCUT2D eigenvalue weighted by Gasteiger charge is 2.24. The van der Waals surface area contributed by atoms with Crippen molar-refractivity contribution in [1.29, 1.82) is 0 Å². The van der Waals surface area contributed by atoms with E-state index in [1.807, 2.05) is 7.05 Å². The van der Waals surface area contributed by atoms with E-state index in [-0.39, 0.29) is 17.3 Å². The van der Waals surface area contributed by atoms with Crippen LogP contribution in [0.5, 0.6) is 0 Å². The van der Waals surface area contributed by atoms with Crippen LogP contribution in [0.15, 0.2) is 0 Å². The Balaban J connectivity index is 4.17. The summed E-state index contributed by atoms with van der Waals surface area (Å²) in [6, 6.07) is 0. The lowest BCUT2D eigenvalue weighted by Gasteiger charge is -2.23. The van der Waals surface area contributed by atoms with Crippen LogP contribution in [-0.2, 0) is 9.53 Å². The van der Waals surface area contributed by atoms with Crippen molar-refractivity contribution in [2.75, 3.05) is 20.7 Å². The van der Waals surface area contributed by atoms with E-state index in [4.69, 9.17) is 4.74 Å². The SMILES string of the molecule is CNCC(CC(C)(C)C)C(=O)OC. The molecule has 0 aliphatic rings. The highest BCUT2D eigenvalue weighted by Crippen LogP contribution is 2.24. The number of hydrogen-bond acceptors (Lipinski definition) is 3. The van der Waals surface area contributed by atoms with Crippen LogP contribution in [0, 0.1) is 11.3 Å². The third-order valence-corrected chi connectivity index (χ3v) is 1.84. The molecular weight excluding hydrogens is 166 g/mol. The van der Waals surface area contributed by atoms with Crippen molar-refractivity contribution in [1.82, 2.24) is 5.32 Å². The summed E-state index contributed by atoms with van der Waals surface area (Å²) in [6.07, 6.45) is 0.848.